The quantitative estimate of drug-likeness (QED) is 0.501. The van der Waals surface area contributed by atoms with Gasteiger partial charge in [0.05, 0.1) is 0 Å². The van der Waals surface area contributed by atoms with E-state index in [9.17, 15) is 0 Å². The van der Waals surface area contributed by atoms with Gasteiger partial charge in [-0.15, -0.1) is 0 Å². The van der Waals surface area contributed by atoms with Crippen molar-refractivity contribution in [3.63, 3.8) is 0 Å². The van der Waals surface area contributed by atoms with Crippen molar-refractivity contribution in [1.29, 1.82) is 0 Å². The summed E-state index contributed by atoms with van der Waals surface area (Å²) in [5.74, 6) is 4.43. The van der Waals surface area contributed by atoms with Crippen LogP contribution in [0.3, 0.4) is 0 Å². The topological polar surface area (TPSA) is 12.0 Å². The Balaban J connectivity index is 2.85. The van der Waals surface area contributed by atoms with Crippen LogP contribution >= 0.6 is 0 Å². The van der Waals surface area contributed by atoms with Crippen LogP contribution in [-0.2, 0) is 0 Å². The fourth-order valence-electron chi connectivity index (χ4n) is 5.66. The zero-order chi connectivity index (χ0) is 17.6. The molecule has 1 saturated carbocycles. The highest BCUT2D eigenvalue weighted by Crippen LogP contribution is 2.47. The highest BCUT2D eigenvalue weighted by Gasteiger charge is 2.38. The summed E-state index contributed by atoms with van der Waals surface area (Å²) in [6.07, 6.45) is 9.74. The third-order valence-corrected chi connectivity index (χ3v) is 6.95. The molecule has 23 heavy (non-hydrogen) atoms. The summed E-state index contributed by atoms with van der Waals surface area (Å²) in [5.41, 5.74) is 0.544. The smallest absolute Gasteiger partial charge is 0.00640 e. The van der Waals surface area contributed by atoms with Gasteiger partial charge in [0.25, 0.3) is 0 Å². The second kappa shape index (κ2) is 9.44. The largest absolute Gasteiger partial charge is 0.317 e. The summed E-state index contributed by atoms with van der Waals surface area (Å²) in [7, 11) is 2.13. The Morgan fingerprint density at radius 3 is 2.35 bits per heavy atom. The van der Waals surface area contributed by atoms with Gasteiger partial charge in [-0.2, -0.15) is 0 Å². The lowest BCUT2D eigenvalue weighted by atomic mass is 9.69. The van der Waals surface area contributed by atoms with Crippen LogP contribution in [0.2, 0.25) is 0 Å². The van der Waals surface area contributed by atoms with E-state index in [2.05, 4.69) is 60.8 Å². The Morgan fingerprint density at radius 2 is 1.83 bits per heavy atom. The van der Waals surface area contributed by atoms with Crippen LogP contribution in [-0.4, -0.2) is 13.1 Å². The molecule has 0 aromatic carbocycles. The molecule has 6 atom stereocenters. The summed E-state index contributed by atoms with van der Waals surface area (Å²) < 4.78 is 0. The van der Waals surface area contributed by atoms with Gasteiger partial charge in [0.15, 0.2) is 0 Å². The van der Waals surface area contributed by atoms with Gasteiger partial charge in [-0.3, -0.25) is 0 Å². The Labute approximate surface area is 147 Å². The summed E-state index contributed by atoms with van der Waals surface area (Å²) >= 11 is 0. The van der Waals surface area contributed by atoms with Gasteiger partial charge >= 0.3 is 0 Å². The first-order valence-corrected chi connectivity index (χ1v) is 10.4. The molecule has 1 aliphatic carbocycles. The van der Waals surface area contributed by atoms with Gasteiger partial charge in [0, 0.05) is 6.04 Å². The van der Waals surface area contributed by atoms with Crippen molar-refractivity contribution in [2.45, 2.75) is 99.5 Å². The predicted octanol–water partition coefficient (Wildman–Crippen LogP) is 6.53. The van der Waals surface area contributed by atoms with Gasteiger partial charge < -0.3 is 5.32 Å². The highest BCUT2D eigenvalue weighted by molar-refractivity contribution is 4.88. The van der Waals surface area contributed by atoms with Crippen molar-refractivity contribution in [2.75, 3.05) is 7.05 Å². The van der Waals surface area contributed by atoms with E-state index < -0.39 is 0 Å². The first kappa shape index (κ1) is 21.0. The molecule has 1 heteroatoms. The van der Waals surface area contributed by atoms with E-state index in [4.69, 9.17) is 0 Å². The first-order chi connectivity index (χ1) is 10.8. The van der Waals surface area contributed by atoms with Gasteiger partial charge in [0.2, 0.25) is 0 Å². The van der Waals surface area contributed by atoms with Crippen LogP contribution in [0, 0.1) is 35.0 Å². The molecule has 0 spiro atoms. The highest BCUT2D eigenvalue weighted by atomic mass is 14.9. The van der Waals surface area contributed by atoms with Crippen LogP contribution in [0.4, 0.5) is 0 Å². The summed E-state index contributed by atoms with van der Waals surface area (Å²) in [4.78, 5) is 0. The first-order valence-electron chi connectivity index (χ1n) is 10.4. The molecule has 0 aromatic rings. The maximum Gasteiger partial charge on any atom is 0.00640 e. The van der Waals surface area contributed by atoms with Crippen molar-refractivity contribution in [1.82, 2.24) is 5.32 Å². The molecule has 0 amide bonds. The zero-order valence-corrected chi connectivity index (χ0v) is 17.4. The van der Waals surface area contributed by atoms with E-state index in [1.807, 2.05) is 0 Å². The minimum atomic E-state index is 0.544. The van der Waals surface area contributed by atoms with Crippen LogP contribution in [0.15, 0.2) is 0 Å². The summed E-state index contributed by atoms with van der Waals surface area (Å²) in [5, 5.41) is 3.52. The van der Waals surface area contributed by atoms with E-state index in [0.717, 1.165) is 29.6 Å². The maximum atomic E-state index is 3.52. The molecule has 0 saturated heterocycles. The van der Waals surface area contributed by atoms with Gasteiger partial charge in [-0.05, 0) is 81.1 Å². The maximum absolute atomic E-state index is 3.52. The average Bonchev–Trinajstić information content (AvgIpc) is 2.60. The Morgan fingerprint density at radius 1 is 1.17 bits per heavy atom. The average molecular weight is 324 g/mol. The fourth-order valence-corrected chi connectivity index (χ4v) is 5.66. The molecule has 1 rings (SSSR count). The van der Waals surface area contributed by atoms with Crippen LogP contribution < -0.4 is 5.32 Å². The van der Waals surface area contributed by atoms with E-state index in [-0.39, 0.29) is 0 Å². The second-order valence-corrected chi connectivity index (χ2v) is 9.47. The number of nitrogens with one attached hydrogen (secondary N) is 1. The molecule has 1 fully saturated rings. The van der Waals surface area contributed by atoms with Crippen LogP contribution in [0.25, 0.3) is 0 Å². The number of hydrogen-bond acceptors (Lipinski definition) is 1. The molecule has 1 aliphatic rings. The van der Waals surface area contributed by atoms with E-state index >= 15 is 0 Å². The normalized spacial score (nSPS) is 32.1. The van der Waals surface area contributed by atoms with Crippen molar-refractivity contribution < 1.29 is 0 Å². The lowest BCUT2D eigenvalue weighted by Gasteiger charge is -2.38. The summed E-state index contributed by atoms with van der Waals surface area (Å²) in [6, 6.07) is 0.648. The van der Waals surface area contributed by atoms with Crippen molar-refractivity contribution in [2.24, 2.45) is 35.0 Å². The molecule has 0 heterocycles. The molecule has 1 N–H and O–H groups in total. The van der Waals surface area contributed by atoms with Gasteiger partial charge in [0.1, 0.15) is 0 Å². The van der Waals surface area contributed by atoms with E-state index in [1.165, 1.54) is 44.9 Å². The fraction of sp³-hybridized carbons (Fsp3) is 1.00. The zero-order valence-electron chi connectivity index (χ0n) is 17.4. The molecular formula is C22H45N. The minimum absolute atomic E-state index is 0.544. The molecule has 0 aliphatic heterocycles. The Kier molecular flexibility index (Phi) is 8.63. The number of hydrogen-bond donors (Lipinski definition) is 1. The van der Waals surface area contributed by atoms with Crippen LogP contribution in [0.5, 0.6) is 0 Å². The molecule has 138 valence electrons. The molecule has 0 radical (unpaired) electrons. The van der Waals surface area contributed by atoms with Crippen LogP contribution in [0.1, 0.15) is 93.4 Å². The lowest BCUT2D eigenvalue weighted by molar-refractivity contribution is 0.125. The summed E-state index contributed by atoms with van der Waals surface area (Å²) in [6.45, 7) is 17.2. The Bertz CT molecular complexity index is 322. The third-order valence-electron chi connectivity index (χ3n) is 6.95. The molecule has 0 aromatic heterocycles. The number of rotatable bonds is 8. The van der Waals surface area contributed by atoms with Gasteiger partial charge in [-0.25, -0.2) is 0 Å². The van der Waals surface area contributed by atoms with E-state index in [1.54, 1.807) is 0 Å². The SMILES string of the molecule is CCCC(CC(C)C1C(C)CC(C)(C)CCC1CC)C(C)NC. The van der Waals surface area contributed by atoms with Gasteiger partial charge in [-0.1, -0.05) is 54.4 Å². The molecule has 0 bridgehead atoms. The lowest BCUT2D eigenvalue weighted by Crippen LogP contribution is -2.35. The monoisotopic (exact) mass is 323 g/mol. The van der Waals surface area contributed by atoms with Crippen molar-refractivity contribution >= 4 is 0 Å². The molecular weight excluding hydrogens is 278 g/mol. The van der Waals surface area contributed by atoms with Crippen molar-refractivity contribution in [3.05, 3.63) is 0 Å². The van der Waals surface area contributed by atoms with E-state index in [0.29, 0.717) is 11.5 Å². The van der Waals surface area contributed by atoms with Crippen molar-refractivity contribution in [3.8, 4) is 0 Å². The predicted molar refractivity (Wildman–Crippen MR) is 105 cm³/mol. The standard InChI is InChI=1S/C22H45N/c1-9-11-20(18(5)23-8)14-16(3)21-17(4)15-22(6,7)13-12-19(21)10-2/h16-21,23H,9-15H2,1-8H3. The molecule has 6 unspecified atom stereocenters. The minimum Gasteiger partial charge on any atom is -0.317 e. The third kappa shape index (κ3) is 6.07. The molecule has 1 nitrogen and oxygen atoms in total. The second-order valence-electron chi connectivity index (χ2n) is 9.47. The Hall–Kier alpha value is -0.0400.